The summed E-state index contributed by atoms with van der Waals surface area (Å²) in [4.78, 5) is 0. The molecule has 1 aromatic rings. The number of methoxy groups -OCH3 is 1. The Bertz CT molecular complexity index is 369. The fraction of sp³-hybridized carbons (Fsp3) is 0.467. The van der Waals surface area contributed by atoms with Crippen molar-refractivity contribution in [2.45, 2.75) is 20.8 Å². The van der Waals surface area contributed by atoms with Crippen LogP contribution in [0.3, 0.4) is 0 Å². The van der Waals surface area contributed by atoms with Crippen LogP contribution in [0.2, 0.25) is 0 Å². The summed E-state index contributed by atoms with van der Waals surface area (Å²) in [5.41, 5.74) is 2.39. The number of aryl methyl sites for hydroxylation is 1. The Labute approximate surface area is 105 Å². The largest absolute Gasteiger partial charge is 0.496 e. The predicted molar refractivity (Wildman–Crippen MR) is 74.5 cm³/mol. The molecule has 17 heavy (non-hydrogen) atoms. The molecular weight excluding hydrogens is 210 g/mol. The van der Waals surface area contributed by atoms with E-state index >= 15 is 0 Å². The van der Waals surface area contributed by atoms with Gasteiger partial charge in [-0.25, -0.2) is 0 Å². The summed E-state index contributed by atoms with van der Waals surface area (Å²) < 4.78 is 5.23. The summed E-state index contributed by atoms with van der Waals surface area (Å²) in [5, 5.41) is 3.38. The SMILES string of the molecule is COc1ccc(C=CCNCC(C)C)cc1C. The van der Waals surface area contributed by atoms with Crippen LogP contribution >= 0.6 is 0 Å². The van der Waals surface area contributed by atoms with E-state index in [4.69, 9.17) is 4.74 Å². The van der Waals surface area contributed by atoms with Crippen LogP contribution in [0.1, 0.15) is 25.0 Å². The minimum absolute atomic E-state index is 0.701. The van der Waals surface area contributed by atoms with Gasteiger partial charge in [0.05, 0.1) is 7.11 Å². The number of ether oxygens (including phenoxy) is 1. The second-order valence-electron chi connectivity index (χ2n) is 4.68. The number of hydrogen-bond donors (Lipinski definition) is 1. The summed E-state index contributed by atoms with van der Waals surface area (Å²) in [5.74, 6) is 1.65. The van der Waals surface area contributed by atoms with E-state index in [1.54, 1.807) is 7.11 Å². The van der Waals surface area contributed by atoms with Crippen molar-refractivity contribution in [1.82, 2.24) is 5.32 Å². The Morgan fingerprint density at radius 1 is 1.35 bits per heavy atom. The van der Waals surface area contributed by atoms with E-state index in [2.05, 4.69) is 50.4 Å². The average molecular weight is 233 g/mol. The van der Waals surface area contributed by atoms with Crippen LogP contribution in [-0.2, 0) is 0 Å². The first-order chi connectivity index (χ1) is 8.13. The average Bonchev–Trinajstić information content (AvgIpc) is 2.28. The minimum Gasteiger partial charge on any atom is -0.496 e. The van der Waals surface area contributed by atoms with E-state index in [9.17, 15) is 0 Å². The van der Waals surface area contributed by atoms with E-state index in [1.807, 2.05) is 6.07 Å². The molecule has 0 heterocycles. The summed E-state index contributed by atoms with van der Waals surface area (Å²) in [6, 6.07) is 6.22. The van der Waals surface area contributed by atoms with Crippen molar-refractivity contribution >= 4 is 6.08 Å². The van der Waals surface area contributed by atoms with E-state index in [-0.39, 0.29) is 0 Å². The molecule has 0 fully saturated rings. The van der Waals surface area contributed by atoms with Gasteiger partial charge in [0.25, 0.3) is 0 Å². The van der Waals surface area contributed by atoms with Crippen LogP contribution in [-0.4, -0.2) is 20.2 Å². The number of rotatable bonds is 6. The lowest BCUT2D eigenvalue weighted by atomic mass is 10.1. The lowest BCUT2D eigenvalue weighted by molar-refractivity contribution is 0.411. The summed E-state index contributed by atoms with van der Waals surface area (Å²) in [7, 11) is 1.70. The molecule has 0 unspecified atom stereocenters. The molecule has 0 aliphatic heterocycles. The van der Waals surface area contributed by atoms with Gasteiger partial charge in [0.1, 0.15) is 5.75 Å². The number of nitrogens with one attached hydrogen (secondary N) is 1. The first-order valence-electron chi connectivity index (χ1n) is 6.15. The molecule has 0 aliphatic carbocycles. The highest BCUT2D eigenvalue weighted by Crippen LogP contribution is 2.18. The van der Waals surface area contributed by atoms with Crippen LogP contribution in [0.15, 0.2) is 24.3 Å². The lowest BCUT2D eigenvalue weighted by Crippen LogP contribution is -2.19. The molecule has 0 atom stereocenters. The Hall–Kier alpha value is -1.28. The van der Waals surface area contributed by atoms with Crippen molar-refractivity contribution < 1.29 is 4.74 Å². The minimum atomic E-state index is 0.701. The molecule has 1 rings (SSSR count). The third kappa shape index (κ3) is 5.05. The molecule has 0 saturated heterocycles. The second-order valence-corrected chi connectivity index (χ2v) is 4.68. The Kier molecular flexibility index (Phi) is 5.78. The van der Waals surface area contributed by atoms with Crippen molar-refractivity contribution in [2.75, 3.05) is 20.2 Å². The molecule has 1 aromatic carbocycles. The third-order valence-electron chi connectivity index (χ3n) is 2.54. The van der Waals surface area contributed by atoms with Crippen molar-refractivity contribution in [3.05, 3.63) is 35.4 Å². The zero-order valence-electron chi connectivity index (χ0n) is 11.3. The quantitative estimate of drug-likeness (QED) is 0.761. The van der Waals surface area contributed by atoms with Crippen LogP contribution in [0.4, 0.5) is 0 Å². The molecule has 0 saturated carbocycles. The molecule has 2 nitrogen and oxygen atoms in total. The maximum Gasteiger partial charge on any atom is 0.121 e. The molecule has 0 aromatic heterocycles. The van der Waals surface area contributed by atoms with Gasteiger partial charge in [0.2, 0.25) is 0 Å². The molecule has 1 N–H and O–H groups in total. The Balaban J connectivity index is 2.46. The van der Waals surface area contributed by atoms with Gasteiger partial charge in [-0.2, -0.15) is 0 Å². The number of hydrogen-bond acceptors (Lipinski definition) is 2. The van der Waals surface area contributed by atoms with E-state index in [0.29, 0.717) is 5.92 Å². The van der Waals surface area contributed by atoms with Crippen molar-refractivity contribution in [1.29, 1.82) is 0 Å². The standard InChI is InChI=1S/C15H23NO/c1-12(2)11-16-9-5-6-14-7-8-15(17-4)13(3)10-14/h5-8,10,12,16H,9,11H2,1-4H3. The molecule has 0 aliphatic rings. The van der Waals surface area contributed by atoms with Crippen molar-refractivity contribution in [3.63, 3.8) is 0 Å². The summed E-state index contributed by atoms with van der Waals surface area (Å²) >= 11 is 0. The van der Waals surface area contributed by atoms with Crippen LogP contribution < -0.4 is 10.1 Å². The fourth-order valence-corrected chi connectivity index (χ4v) is 1.66. The summed E-state index contributed by atoms with van der Waals surface area (Å²) in [6.07, 6.45) is 4.30. The molecular formula is C15H23NO. The predicted octanol–water partition coefficient (Wildman–Crippen LogP) is 3.26. The normalized spacial score (nSPS) is 11.4. The second kappa shape index (κ2) is 7.13. The highest BCUT2D eigenvalue weighted by molar-refractivity contribution is 5.53. The first kappa shape index (κ1) is 13.8. The molecule has 0 radical (unpaired) electrons. The molecule has 94 valence electrons. The molecule has 0 spiro atoms. The van der Waals surface area contributed by atoms with Gasteiger partial charge in [-0.15, -0.1) is 0 Å². The van der Waals surface area contributed by atoms with Crippen LogP contribution in [0.5, 0.6) is 5.75 Å². The highest BCUT2D eigenvalue weighted by Gasteiger charge is 1.97. The van der Waals surface area contributed by atoms with Gasteiger partial charge in [-0.3, -0.25) is 0 Å². The van der Waals surface area contributed by atoms with Gasteiger partial charge >= 0.3 is 0 Å². The molecule has 0 bridgehead atoms. The number of benzene rings is 1. The van der Waals surface area contributed by atoms with Gasteiger partial charge < -0.3 is 10.1 Å². The van der Waals surface area contributed by atoms with Crippen LogP contribution in [0.25, 0.3) is 6.08 Å². The third-order valence-corrected chi connectivity index (χ3v) is 2.54. The van der Waals surface area contributed by atoms with Gasteiger partial charge in [-0.1, -0.05) is 32.1 Å². The summed E-state index contributed by atoms with van der Waals surface area (Å²) in [6.45, 7) is 8.47. The van der Waals surface area contributed by atoms with Crippen molar-refractivity contribution in [3.8, 4) is 5.75 Å². The zero-order valence-corrected chi connectivity index (χ0v) is 11.3. The van der Waals surface area contributed by atoms with E-state index < -0.39 is 0 Å². The fourth-order valence-electron chi connectivity index (χ4n) is 1.66. The first-order valence-corrected chi connectivity index (χ1v) is 6.15. The smallest absolute Gasteiger partial charge is 0.121 e. The monoisotopic (exact) mass is 233 g/mol. The van der Waals surface area contributed by atoms with Gasteiger partial charge in [-0.05, 0) is 42.6 Å². The van der Waals surface area contributed by atoms with Gasteiger partial charge in [0, 0.05) is 6.54 Å². The Morgan fingerprint density at radius 2 is 2.12 bits per heavy atom. The van der Waals surface area contributed by atoms with E-state index in [1.165, 1.54) is 11.1 Å². The lowest BCUT2D eigenvalue weighted by Gasteiger charge is -2.05. The van der Waals surface area contributed by atoms with E-state index in [0.717, 1.165) is 18.8 Å². The van der Waals surface area contributed by atoms with Crippen molar-refractivity contribution in [2.24, 2.45) is 5.92 Å². The molecule has 2 heteroatoms. The maximum absolute atomic E-state index is 5.23. The highest BCUT2D eigenvalue weighted by atomic mass is 16.5. The maximum atomic E-state index is 5.23. The topological polar surface area (TPSA) is 21.3 Å². The van der Waals surface area contributed by atoms with Gasteiger partial charge in [0.15, 0.2) is 0 Å². The zero-order chi connectivity index (χ0) is 12.7. The van der Waals surface area contributed by atoms with Crippen LogP contribution in [0, 0.1) is 12.8 Å². The Morgan fingerprint density at radius 3 is 2.71 bits per heavy atom. The molecule has 0 amide bonds.